The summed E-state index contributed by atoms with van der Waals surface area (Å²) >= 11 is 6.03. The second kappa shape index (κ2) is 7.30. The van der Waals surface area contributed by atoms with Crippen molar-refractivity contribution in [3.63, 3.8) is 0 Å². The van der Waals surface area contributed by atoms with Crippen molar-refractivity contribution in [2.45, 2.75) is 45.6 Å². The minimum Gasteiger partial charge on any atom is -0.481 e. The first-order valence-electron chi connectivity index (χ1n) is 7.83. The third-order valence-electron chi connectivity index (χ3n) is 4.51. The van der Waals surface area contributed by atoms with Gasteiger partial charge in [-0.05, 0) is 31.4 Å². The van der Waals surface area contributed by atoms with Crippen LogP contribution >= 0.6 is 11.6 Å². The molecular formula is C17H21ClFNO3. The monoisotopic (exact) mass is 341 g/mol. The van der Waals surface area contributed by atoms with Gasteiger partial charge in [-0.15, -0.1) is 0 Å². The van der Waals surface area contributed by atoms with Crippen LogP contribution in [0.3, 0.4) is 0 Å². The number of carbonyl (C=O) groups excluding carboxylic acids is 1. The van der Waals surface area contributed by atoms with Crippen molar-refractivity contribution in [2.75, 3.05) is 6.54 Å². The van der Waals surface area contributed by atoms with Gasteiger partial charge in [-0.3, -0.25) is 9.59 Å². The summed E-state index contributed by atoms with van der Waals surface area (Å²) in [4.78, 5) is 25.5. The molecule has 0 heterocycles. The minimum atomic E-state index is -0.942. The summed E-state index contributed by atoms with van der Waals surface area (Å²) in [6.07, 6.45) is 2.54. The van der Waals surface area contributed by atoms with Crippen LogP contribution in [-0.2, 0) is 16.1 Å². The smallest absolute Gasteiger partial charge is 0.310 e. The van der Waals surface area contributed by atoms with Crippen LogP contribution < -0.4 is 0 Å². The van der Waals surface area contributed by atoms with E-state index in [0.29, 0.717) is 25.8 Å². The first-order valence-corrected chi connectivity index (χ1v) is 8.21. The summed E-state index contributed by atoms with van der Waals surface area (Å²) in [5.74, 6) is -1.63. The number of carboxylic acids is 1. The van der Waals surface area contributed by atoms with Crippen LogP contribution in [0.5, 0.6) is 0 Å². The van der Waals surface area contributed by atoms with Crippen LogP contribution in [-0.4, -0.2) is 28.4 Å². The summed E-state index contributed by atoms with van der Waals surface area (Å²) < 4.78 is 13.9. The highest BCUT2D eigenvalue weighted by Gasteiger charge is 2.46. The molecule has 6 heteroatoms. The van der Waals surface area contributed by atoms with E-state index in [2.05, 4.69) is 0 Å². The molecule has 1 amide bonds. The Balaban J connectivity index is 2.14. The quantitative estimate of drug-likeness (QED) is 0.819. The number of carboxylic acid groups (broad SMARTS) is 1. The van der Waals surface area contributed by atoms with Crippen LogP contribution in [0.4, 0.5) is 4.39 Å². The SMILES string of the molecule is CCCN(Cc1c(F)cccc1Cl)C(=O)CC1(C(=O)O)CCC1. The number of amides is 1. The van der Waals surface area contributed by atoms with E-state index in [-0.39, 0.29) is 29.5 Å². The molecule has 0 bridgehead atoms. The fourth-order valence-corrected chi connectivity index (χ4v) is 3.13. The molecule has 1 saturated carbocycles. The first-order chi connectivity index (χ1) is 10.9. The molecule has 1 aromatic rings. The van der Waals surface area contributed by atoms with Crippen molar-refractivity contribution in [3.05, 3.63) is 34.6 Å². The van der Waals surface area contributed by atoms with Crippen molar-refractivity contribution >= 4 is 23.5 Å². The van der Waals surface area contributed by atoms with Crippen LogP contribution in [0.25, 0.3) is 0 Å². The van der Waals surface area contributed by atoms with Crippen molar-refractivity contribution in [1.82, 2.24) is 4.90 Å². The third-order valence-corrected chi connectivity index (χ3v) is 4.86. The van der Waals surface area contributed by atoms with Crippen molar-refractivity contribution in [2.24, 2.45) is 5.41 Å². The molecule has 0 atom stereocenters. The van der Waals surface area contributed by atoms with Crippen LogP contribution in [0.1, 0.15) is 44.6 Å². The van der Waals surface area contributed by atoms with Gasteiger partial charge in [-0.2, -0.15) is 0 Å². The van der Waals surface area contributed by atoms with Gasteiger partial charge in [0, 0.05) is 30.1 Å². The Labute approximate surface area is 140 Å². The van der Waals surface area contributed by atoms with Gasteiger partial charge in [-0.25, -0.2) is 4.39 Å². The average Bonchev–Trinajstić information content (AvgIpc) is 2.45. The Morgan fingerprint density at radius 1 is 1.39 bits per heavy atom. The standard InChI is InChI=1S/C17H21ClFNO3/c1-2-9-20(11-12-13(18)5-3-6-14(12)19)15(21)10-17(16(22)23)7-4-8-17/h3,5-6H,2,4,7-11H2,1H3,(H,22,23). The summed E-state index contributed by atoms with van der Waals surface area (Å²) in [5.41, 5.74) is -0.670. The largest absolute Gasteiger partial charge is 0.481 e. The molecule has 1 fully saturated rings. The number of carbonyl (C=O) groups is 2. The molecule has 1 aliphatic rings. The Kier molecular flexibility index (Phi) is 5.63. The zero-order valence-electron chi connectivity index (χ0n) is 13.1. The van der Waals surface area contributed by atoms with Gasteiger partial charge in [-0.1, -0.05) is 31.0 Å². The summed E-state index contributed by atoms with van der Waals surface area (Å²) in [7, 11) is 0. The van der Waals surface area contributed by atoms with Crippen LogP contribution in [0.2, 0.25) is 5.02 Å². The van der Waals surface area contributed by atoms with E-state index < -0.39 is 17.2 Å². The van der Waals surface area contributed by atoms with E-state index in [9.17, 15) is 19.1 Å². The third kappa shape index (κ3) is 3.83. The van der Waals surface area contributed by atoms with E-state index in [4.69, 9.17) is 11.6 Å². The Morgan fingerprint density at radius 2 is 2.09 bits per heavy atom. The van der Waals surface area contributed by atoms with Crippen molar-refractivity contribution in [1.29, 1.82) is 0 Å². The number of hydrogen-bond acceptors (Lipinski definition) is 2. The molecule has 0 saturated heterocycles. The van der Waals surface area contributed by atoms with E-state index >= 15 is 0 Å². The first kappa shape index (κ1) is 17.7. The molecule has 1 aliphatic carbocycles. The van der Waals surface area contributed by atoms with Gasteiger partial charge in [0.15, 0.2) is 0 Å². The molecule has 0 radical (unpaired) electrons. The molecule has 126 valence electrons. The number of nitrogens with zero attached hydrogens (tertiary/aromatic N) is 1. The van der Waals surface area contributed by atoms with E-state index in [1.165, 1.54) is 17.0 Å². The maximum atomic E-state index is 13.9. The zero-order valence-corrected chi connectivity index (χ0v) is 13.9. The summed E-state index contributed by atoms with van der Waals surface area (Å²) in [5, 5.41) is 9.64. The number of halogens is 2. The highest BCUT2D eigenvalue weighted by atomic mass is 35.5. The molecule has 1 N–H and O–H groups in total. The minimum absolute atomic E-state index is 0.0333. The van der Waals surface area contributed by atoms with Crippen molar-refractivity contribution < 1.29 is 19.1 Å². The van der Waals surface area contributed by atoms with Crippen LogP contribution in [0.15, 0.2) is 18.2 Å². The summed E-state index contributed by atoms with van der Waals surface area (Å²) in [6.45, 7) is 2.42. The fraction of sp³-hybridized carbons (Fsp3) is 0.529. The molecule has 0 spiro atoms. The van der Waals surface area contributed by atoms with E-state index in [1.807, 2.05) is 6.92 Å². The summed E-state index contributed by atoms with van der Waals surface area (Å²) in [6, 6.07) is 4.40. The molecule has 4 nitrogen and oxygen atoms in total. The number of aliphatic carboxylic acids is 1. The molecule has 2 rings (SSSR count). The molecule has 1 aromatic carbocycles. The predicted molar refractivity (Wildman–Crippen MR) is 85.7 cm³/mol. The molecule has 23 heavy (non-hydrogen) atoms. The zero-order chi connectivity index (χ0) is 17.0. The highest BCUT2D eigenvalue weighted by Crippen LogP contribution is 2.44. The lowest BCUT2D eigenvalue weighted by Crippen LogP contribution is -2.44. The molecule has 0 unspecified atom stereocenters. The van der Waals surface area contributed by atoms with Gasteiger partial charge in [0.2, 0.25) is 5.91 Å². The lowest BCUT2D eigenvalue weighted by molar-refractivity contribution is -0.159. The number of hydrogen-bond donors (Lipinski definition) is 1. The van der Waals surface area contributed by atoms with Crippen LogP contribution in [0, 0.1) is 11.2 Å². The normalized spacial score (nSPS) is 15.8. The Morgan fingerprint density at radius 3 is 2.57 bits per heavy atom. The predicted octanol–water partition coefficient (Wildman–Crippen LogP) is 3.86. The van der Waals surface area contributed by atoms with Gasteiger partial charge in [0.25, 0.3) is 0 Å². The molecule has 0 aliphatic heterocycles. The lowest BCUT2D eigenvalue weighted by atomic mass is 9.66. The molecule has 0 aromatic heterocycles. The van der Waals surface area contributed by atoms with Gasteiger partial charge < -0.3 is 10.0 Å². The fourth-order valence-electron chi connectivity index (χ4n) is 2.91. The van der Waals surface area contributed by atoms with Gasteiger partial charge in [0.05, 0.1) is 5.41 Å². The number of rotatable bonds is 7. The van der Waals surface area contributed by atoms with Gasteiger partial charge in [0.1, 0.15) is 5.82 Å². The maximum Gasteiger partial charge on any atom is 0.310 e. The van der Waals surface area contributed by atoms with Crippen molar-refractivity contribution in [3.8, 4) is 0 Å². The van der Waals surface area contributed by atoms with E-state index in [0.717, 1.165) is 6.42 Å². The number of benzene rings is 1. The second-order valence-corrected chi connectivity index (χ2v) is 6.54. The molecular weight excluding hydrogens is 321 g/mol. The van der Waals surface area contributed by atoms with Gasteiger partial charge >= 0.3 is 5.97 Å². The maximum absolute atomic E-state index is 13.9. The van der Waals surface area contributed by atoms with E-state index in [1.54, 1.807) is 6.07 Å². The Hall–Kier alpha value is -1.62. The lowest BCUT2D eigenvalue weighted by Gasteiger charge is -2.38. The highest BCUT2D eigenvalue weighted by molar-refractivity contribution is 6.31. The second-order valence-electron chi connectivity index (χ2n) is 6.13. The topological polar surface area (TPSA) is 57.6 Å². The average molecular weight is 342 g/mol. The Bertz CT molecular complexity index is 581.